The van der Waals surface area contributed by atoms with Crippen LogP contribution in [0.15, 0.2) is 65.8 Å². The molecule has 174 valence electrons. The maximum Gasteiger partial charge on any atom is 0.264 e. The number of rotatable bonds is 4. The zero-order chi connectivity index (χ0) is 23.9. The number of hydrogen-bond acceptors (Lipinski definition) is 5. The fourth-order valence-electron chi connectivity index (χ4n) is 4.64. The Morgan fingerprint density at radius 1 is 1.09 bits per heavy atom. The number of aryl methyl sites for hydroxylation is 2. The molecule has 1 N–H and O–H groups in total. The number of likely N-dealkylation sites (tertiary alicyclic amines) is 1. The number of carbonyl (C=O) groups excluding carboxylic acids is 1. The van der Waals surface area contributed by atoms with E-state index in [1.807, 2.05) is 62.4 Å². The molecule has 4 aromatic rings. The second-order valence-electron chi connectivity index (χ2n) is 9.14. The maximum absolute atomic E-state index is 13.1. The number of nitrogens with zero attached hydrogens (tertiary/aromatic N) is 5. The number of carbonyl (C=O) groups is 1. The molecule has 1 amide bonds. The second kappa shape index (κ2) is 8.53. The van der Waals surface area contributed by atoms with Crippen molar-refractivity contribution in [3.63, 3.8) is 0 Å². The van der Waals surface area contributed by atoms with Gasteiger partial charge in [-0.3, -0.25) is 14.2 Å². The molecule has 1 aliphatic heterocycles. The fraction of sp³-hybridized carbons (Fsp3) is 0.308. The number of aromatic nitrogens is 4. The van der Waals surface area contributed by atoms with Crippen molar-refractivity contribution in [1.82, 2.24) is 24.2 Å². The molecule has 0 spiro atoms. The first-order valence-corrected chi connectivity index (χ1v) is 11.4. The highest BCUT2D eigenvalue weighted by Crippen LogP contribution is 2.26. The van der Waals surface area contributed by atoms with Gasteiger partial charge in [-0.2, -0.15) is 5.10 Å². The van der Waals surface area contributed by atoms with Gasteiger partial charge in [0.1, 0.15) is 11.7 Å². The van der Waals surface area contributed by atoms with Crippen molar-refractivity contribution in [1.29, 1.82) is 0 Å². The summed E-state index contributed by atoms with van der Waals surface area (Å²) < 4.78 is 3.08. The summed E-state index contributed by atoms with van der Waals surface area (Å²) in [5, 5.41) is 16.0. The van der Waals surface area contributed by atoms with Gasteiger partial charge in [-0.1, -0.05) is 35.9 Å². The van der Waals surface area contributed by atoms with Crippen molar-refractivity contribution >= 4 is 16.9 Å². The standard InChI is InChI=1S/C26H27N5O3/c1-18-8-9-21(19(2)14-18)24(32)29-12-10-26(34,11-13-29)16-30-17-27-23-22(25(30)33)15-28-31(23)20-6-4-3-5-7-20/h3-9,14-15,17,34H,10-13,16H2,1-2H3. The first kappa shape index (κ1) is 22.0. The van der Waals surface area contributed by atoms with Crippen LogP contribution in [0.2, 0.25) is 0 Å². The Hall–Kier alpha value is -3.78. The minimum atomic E-state index is -1.09. The molecule has 0 unspecified atom stereocenters. The van der Waals surface area contributed by atoms with Gasteiger partial charge < -0.3 is 10.0 Å². The van der Waals surface area contributed by atoms with Gasteiger partial charge >= 0.3 is 0 Å². The summed E-state index contributed by atoms with van der Waals surface area (Å²) in [4.78, 5) is 32.3. The zero-order valence-corrected chi connectivity index (χ0v) is 19.3. The topological polar surface area (TPSA) is 93.2 Å². The number of piperidine rings is 1. The van der Waals surface area contributed by atoms with Crippen molar-refractivity contribution in [2.45, 2.75) is 38.8 Å². The molecule has 2 aromatic carbocycles. The Bertz CT molecular complexity index is 1420. The quantitative estimate of drug-likeness (QED) is 0.509. The molecule has 1 aliphatic rings. The monoisotopic (exact) mass is 457 g/mol. The third-order valence-corrected chi connectivity index (χ3v) is 6.61. The van der Waals surface area contributed by atoms with E-state index < -0.39 is 5.60 Å². The van der Waals surface area contributed by atoms with Crippen LogP contribution in [0.3, 0.4) is 0 Å². The lowest BCUT2D eigenvalue weighted by Gasteiger charge is -2.38. The molecular formula is C26H27N5O3. The number of hydrogen-bond donors (Lipinski definition) is 1. The number of fused-ring (bicyclic) bond motifs is 1. The summed E-state index contributed by atoms with van der Waals surface area (Å²) in [6.45, 7) is 4.92. The molecule has 8 heteroatoms. The van der Waals surface area contributed by atoms with Crippen LogP contribution in [0.4, 0.5) is 0 Å². The minimum absolute atomic E-state index is 0.0203. The van der Waals surface area contributed by atoms with Gasteiger partial charge in [0.05, 0.1) is 24.0 Å². The Morgan fingerprint density at radius 3 is 2.53 bits per heavy atom. The van der Waals surface area contributed by atoms with Gasteiger partial charge in [0, 0.05) is 18.7 Å². The molecule has 0 bridgehead atoms. The van der Waals surface area contributed by atoms with E-state index in [9.17, 15) is 14.7 Å². The van der Waals surface area contributed by atoms with Crippen molar-refractivity contribution in [2.75, 3.05) is 13.1 Å². The molecule has 0 saturated carbocycles. The van der Waals surface area contributed by atoms with Crippen LogP contribution in [-0.2, 0) is 6.54 Å². The van der Waals surface area contributed by atoms with Crippen LogP contribution in [0, 0.1) is 13.8 Å². The molecule has 1 fully saturated rings. The van der Waals surface area contributed by atoms with Crippen LogP contribution in [0.1, 0.15) is 34.3 Å². The lowest BCUT2D eigenvalue weighted by Crippen LogP contribution is -2.49. The highest BCUT2D eigenvalue weighted by Gasteiger charge is 2.35. The SMILES string of the molecule is Cc1ccc(C(=O)N2CCC(O)(Cn3cnc4c(cnn4-c4ccccc4)c3=O)CC2)c(C)c1. The lowest BCUT2D eigenvalue weighted by molar-refractivity contribution is -0.0299. The zero-order valence-electron chi connectivity index (χ0n) is 19.3. The molecule has 5 rings (SSSR count). The summed E-state index contributed by atoms with van der Waals surface area (Å²) in [5.41, 5.74) is 2.73. The van der Waals surface area contributed by atoms with Gasteiger partial charge in [0.2, 0.25) is 0 Å². The van der Waals surface area contributed by atoms with Crippen LogP contribution >= 0.6 is 0 Å². The summed E-state index contributed by atoms with van der Waals surface area (Å²) in [7, 11) is 0. The van der Waals surface area contributed by atoms with E-state index >= 15 is 0 Å². The van der Waals surface area contributed by atoms with Crippen molar-refractivity contribution < 1.29 is 9.90 Å². The molecule has 0 aliphatic carbocycles. The Balaban J connectivity index is 1.32. The summed E-state index contributed by atoms with van der Waals surface area (Å²) in [5.74, 6) is -0.0203. The van der Waals surface area contributed by atoms with Gasteiger partial charge in [0.15, 0.2) is 5.65 Å². The molecule has 0 radical (unpaired) electrons. The first-order valence-electron chi connectivity index (χ1n) is 11.4. The minimum Gasteiger partial charge on any atom is -0.388 e. The van der Waals surface area contributed by atoms with Crippen LogP contribution in [-0.4, -0.2) is 53.9 Å². The number of para-hydroxylation sites is 1. The molecule has 34 heavy (non-hydrogen) atoms. The van der Waals surface area contributed by atoms with E-state index in [0.717, 1.165) is 16.8 Å². The fourth-order valence-corrected chi connectivity index (χ4v) is 4.64. The average Bonchev–Trinajstić information content (AvgIpc) is 3.26. The van der Waals surface area contributed by atoms with E-state index in [4.69, 9.17) is 0 Å². The van der Waals surface area contributed by atoms with E-state index in [1.54, 1.807) is 9.58 Å². The Labute approximate surface area is 197 Å². The molecule has 0 atom stereocenters. The van der Waals surface area contributed by atoms with E-state index in [-0.39, 0.29) is 18.0 Å². The largest absolute Gasteiger partial charge is 0.388 e. The van der Waals surface area contributed by atoms with Gasteiger partial charge in [-0.05, 0) is 50.5 Å². The van der Waals surface area contributed by atoms with E-state index in [0.29, 0.717) is 42.5 Å². The van der Waals surface area contributed by atoms with Gasteiger partial charge in [0.25, 0.3) is 11.5 Å². The smallest absolute Gasteiger partial charge is 0.264 e. The predicted molar refractivity (Wildman–Crippen MR) is 129 cm³/mol. The highest BCUT2D eigenvalue weighted by atomic mass is 16.3. The summed E-state index contributed by atoms with van der Waals surface area (Å²) in [6.07, 6.45) is 3.76. The second-order valence-corrected chi connectivity index (χ2v) is 9.14. The molecule has 1 saturated heterocycles. The van der Waals surface area contributed by atoms with E-state index in [2.05, 4.69) is 10.1 Å². The van der Waals surface area contributed by atoms with Crippen LogP contribution in [0.25, 0.3) is 16.7 Å². The van der Waals surface area contributed by atoms with Crippen molar-refractivity contribution in [3.8, 4) is 5.69 Å². The summed E-state index contributed by atoms with van der Waals surface area (Å²) >= 11 is 0. The van der Waals surface area contributed by atoms with Crippen LogP contribution in [0.5, 0.6) is 0 Å². The van der Waals surface area contributed by atoms with Gasteiger partial charge in [-0.15, -0.1) is 0 Å². The number of benzene rings is 2. The normalized spacial score (nSPS) is 15.6. The molecule has 2 aromatic heterocycles. The molecule has 8 nitrogen and oxygen atoms in total. The third-order valence-electron chi connectivity index (χ3n) is 6.61. The van der Waals surface area contributed by atoms with Crippen molar-refractivity contribution in [2.24, 2.45) is 0 Å². The van der Waals surface area contributed by atoms with Crippen molar-refractivity contribution in [3.05, 3.63) is 88.1 Å². The third kappa shape index (κ3) is 4.01. The summed E-state index contributed by atoms with van der Waals surface area (Å²) in [6, 6.07) is 15.3. The maximum atomic E-state index is 13.1. The molecular weight excluding hydrogens is 430 g/mol. The first-order chi connectivity index (χ1) is 16.3. The Morgan fingerprint density at radius 2 is 1.82 bits per heavy atom. The number of aliphatic hydroxyl groups is 1. The van der Waals surface area contributed by atoms with Crippen LogP contribution < -0.4 is 5.56 Å². The van der Waals surface area contributed by atoms with Gasteiger partial charge in [-0.25, -0.2) is 9.67 Å². The Kier molecular flexibility index (Phi) is 5.53. The molecule has 3 heterocycles. The average molecular weight is 458 g/mol. The number of amides is 1. The lowest BCUT2D eigenvalue weighted by atomic mass is 9.90. The van der Waals surface area contributed by atoms with E-state index in [1.165, 1.54) is 17.1 Å². The highest BCUT2D eigenvalue weighted by molar-refractivity contribution is 5.95. The predicted octanol–water partition coefficient (Wildman–Crippen LogP) is 2.87.